The van der Waals surface area contributed by atoms with Gasteiger partial charge in [0.2, 0.25) is 0 Å². The number of hydrogen-bond acceptors (Lipinski definition) is 4. The minimum atomic E-state index is -0.387. The maximum Gasteiger partial charge on any atom is 0.254 e. The molecule has 0 aliphatic carbocycles. The number of benzene rings is 2. The Morgan fingerprint density at radius 2 is 1.81 bits per heavy atom. The number of ether oxygens (including phenoxy) is 1. The van der Waals surface area contributed by atoms with Crippen molar-refractivity contribution in [2.45, 2.75) is 13.1 Å². The van der Waals surface area contributed by atoms with Gasteiger partial charge in [-0.05, 0) is 30.3 Å². The maximum atomic E-state index is 14.1. The van der Waals surface area contributed by atoms with Gasteiger partial charge in [-0.15, -0.1) is 0 Å². The van der Waals surface area contributed by atoms with Crippen LogP contribution in [0.3, 0.4) is 0 Å². The molecule has 6 nitrogen and oxygen atoms in total. The molecule has 0 unspecified atom stereocenters. The van der Waals surface area contributed by atoms with Gasteiger partial charge in [-0.3, -0.25) is 9.69 Å². The average molecular weight is 440 g/mol. The lowest BCUT2D eigenvalue weighted by Crippen LogP contribution is -2.43. The van der Waals surface area contributed by atoms with E-state index in [0.29, 0.717) is 49.8 Å². The summed E-state index contributed by atoms with van der Waals surface area (Å²) >= 11 is 0. The SMILES string of the molecule is O=C(c1ccc(F)cc1)N(CCN1CCOCC1)Cc1nccn1Cc1ccccc1F. The van der Waals surface area contributed by atoms with Crippen LogP contribution in [0, 0.1) is 11.6 Å². The van der Waals surface area contributed by atoms with Crippen molar-refractivity contribution in [1.82, 2.24) is 19.4 Å². The third-order valence-electron chi connectivity index (χ3n) is 5.60. The van der Waals surface area contributed by atoms with Crippen LogP contribution in [-0.4, -0.2) is 64.7 Å². The normalized spacial score (nSPS) is 14.4. The molecule has 2 heterocycles. The second-order valence-corrected chi connectivity index (χ2v) is 7.75. The predicted molar refractivity (Wildman–Crippen MR) is 116 cm³/mol. The van der Waals surface area contributed by atoms with Crippen LogP contribution in [0.5, 0.6) is 0 Å². The van der Waals surface area contributed by atoms with E-state index in [2.05, 4.69) is 9.88 Å². The number of rotatable bonds is 8. The predicted octanol–water partition coefficient (Wildman–Crippen LogP) is 3.18. The molecule has 32 heavy (non-hydrogen) atoms. The van der Waals surface area contributed by atoms with Gasteiger partial charge in [0.25, 0.3) is 5.91 Å². The molecule has 0 N–H and O–H groups in total. The van der Waals surface area contributed by atoms with Crippen molar-refractivity contribution in [1.29, 1.82) is 0 Å². The lowest BCUT2D eigenvalue weighted by atomic mass is 10.2. The van der Waals surface area contributed by atoms with E-state index in [4.69, 9.17) is 4.74 Å². The largest absolute Gasteiger partial charge is 0.379 e. The summed E-state index contributed by atoms with van der Waals surface area (Å²) in [6, 6.07) is 12.2. The monoisotopic (exact) mass is 440 g/mol. The number of hydrogen-bond donors (Lipinski definition) is 0. The van der Waals surface area contributed by atoms with Gasteiger partial charge in [-0.25, -0.2) is 13.8 Å². The number of carbonyl (C=O) groups is 1. The van der Waals surface area contributed by atoms with E-state index in [1.165, 1.54) is 30.3 Å². The highest BCUT2D eigenvalue weighted by atomic mass is 19.1. The lowest BCUT2D eigenvalue weighted by Gasteiger charge is -2.30. The minimum absolute atomic E-state index is 0.196. The topological polar surface area (TPSA) is 50.6 Å². The van der Waals surface area contributed by atoms with E-state index < -0.39 is 0 Å². The van der Waals surface area contributed by atoms with Crippen molar-refractivity contribution in [3.63, 3.8) is 0 Å². The first kappa shape index (κ1) is 22.1. The molecule has 0 spiro atoms. The van der Waals surface area contributed by atoms with Crippen LogP contribution in [0.4, 0.5) is 8.78 Å². The zero-order valence-electron chi connectivity index (χ0n) is 17.8. The second-order valence-electron chi connectivity index (χ2n) is 7.75. The molecule has 0 atom stereocenters. The van der Waals surface area contributed by atoms with Gasteiger partial charge in [0.05, 0.1) is 26.3 Å². The summed E-state index contributed by atoms with van der Waals surface area (Å²) in [4.78, 5) is 21.6. The highest BCUT2D eigenvalue weighted by Crippen LogP contribution is 2.14. The number of amides is 1. The minimum Gasteiger partial charge on any atom is -0.379 e. The molecular formula is C24H26F2N4O2. The Balaban J connectivity index is 1.52. The first-order chi connectivity index (χ1) is 15.6. The zero-order valence-corrected chi connectivity index (χ0v) is 17.8. The van der Waals surface area contributed by atoms with Gasteiger partial charge in [0, 0.05) is 49.7 Å². The maximum absolute atomic E-state index is 14.1. The van der Waals surface area contributed by atoms with Crippen LogP contribution in [-0.2, 0) is 17.8 Å². The molecule has 1 aliphatic rings. The molecule has 1 amide bonds. The first-order valence-electron chi connectivity index (χ1n) is 10.7. The van der Waals surface area contributed by atoms with Crippen molar-refractivity contribution in [3.05, 3.63) is 89.5 Å². The van der Waals surface area contributed by atoms with Gasteiger partial charge in [-0.1, -0.05) is 18.2 Å². The smallest absolute Gasteiger partial charge is 0.254 e. The summed E-state index contributed by atoms with van der Waals surface area (Å²) in [5, 5.41) is 0. The summed E-state index contributed by atoms with van der Waals surface area (Å²) in [6.07, 6.45) is 3.43. The van der Waals surface area contributed by atoms with Crippen molar-refractivity contribution in [2.75, 3.05) is 39.4 Å². The number of imidazole rings is 1. The summed E-state index contributed by atoms with van der Waals surface area (Å²) in [5.74, 6) is -0.204. The van der Waals surface area contributed by atoms with Crippen LogP contribution < -0.4 is 0 Å². The van der Waals surface area contributed by atoms with Crippen molar-refractivity contribution in [3.8, 4) is 0 Å². The van der Waals surface area contributed by atoms with Gasteiger partial charge < -0.3 is 14.2 Å². The highest BCUT2D eigenvalue weighted by Gasteiger charge is 2.21. The number of carbonyl (C=O) groups excluding carboxylic acids is 1. The molecule has 1 fully saturated rings. The number of aromatic nitrogens is 2. The summed E-state index contributed by atoms with van der Waals surface area (Å²) in [7, 11) is 0. The first-order valence-corrected chi connectivity index (χ1v) is 10.7. The Kier molecular flexibility index (Phi) is 7.24. The summed E-state index contributed by atoms with van der Waals surface area (Å²) in [5.41, 5.74) is 0.970. The van der Waals surface area contributed by atoms with Gasteiger partial charge in [-0.2, -0.15) is 0 Å². The third kappa shape index (κ3) is 5.57. The number of nitrogens with zero attached hydrogens (tertiary/aromatic N) is 4. The number of halogens is 2. The molecule has 3 aromatic rings. The molecule has 4 rings (SSSR count). The van der Waals surface area contributed by atoms with Gasteiger partial charge >= 0.3 is 0 Å². The van der Waals surface area contributed by atoms with E-state index in [-0.39, 0.29) is 24.1 Å². The third-order valence-corrected chi connectivity index (χ3v) is 5.60. The highest BCUT2D eigenvalue weighted by molar-refractivity contribution is 5.94. The Hall–Kier alpha value is -3.10. The van der Waals surface area contributed by atoms with E-state index in [1.54, 1.807) is 35.5 Å². The molecule has 1 aromatic heterocycles. The van der Waals surface area contributed by atoms with Gasteiger partial charge in [0.15, 0.2) is 0 Å². The molecule has 0 saturated carbocycles. The fraction of sp³-hybridized carbons (Fsp3) is 0.333. The van der Waals surface area contributed by atoms with Crippen molar-refractivity contribution >= 4 is 5.91 Å². The van der Waals surface area contributed by atoms with Crippen LogP contribution >= 0.6 is 0 Å². The van der Waals surface area contributed by atoms with Crippen LogP contribution in [0.15, 0.2) is 60.9 Å². The lowest BCUT2D eigenvalue weighted by molar-refractivity contribution is 0.0318. The van der Waals surface area contributed by atoms with Crippen LogP contribution in [0.2, 0.25) is 0 Å². The molecular weight excluding hydrogens is 414 g/mol. The Bertz CT molecular complexity index is 1030. The molecule has 168 valence electrons. The molecule has 0 radical (unpaired) electrons. The van der Waals surface area contributed by atoms with Crippen LogP contribution in [0.25, 0.3) is 0 Å². The van der Waals surface area contributed by atoms with Gasteiger partial charge in [0.1, 0.15) is 17.5 Å². The molecule has 8 heteroatoms. The Labute approximate surface area is 186 Å². The fourth-order valence-electron chi connectivity index (χ4n) is 3.73. The van der Waals surface area contributed by atoms with E-state index >= 15 is 0 Å². The summed E-state index contributed by atoms with van der Waals surface area (Å²) < 4.78 is 34.7. The molecule has 1 saturated heterocycles. The molecule has 0 bridgehead atoms. The average Bonchev–Trinajstić information content (AvgIpc) is 3.25. The second kappa shape index (κ2) is 10.5. The van der Waals surface area contributed by atoms with Crippen molar-refractivity contribution < 1.29 is 18.3 Å². The van der Waals surface area contributed by atoms with E-state index in [9.17, 15) is 13.6 Å². The van der Waals surface area contributed by atoms with E-state index in [1.807, 2.05) is 4.57 Å². The van der Waals surface area contributed by atoms with E-state index in [0.717, 1.165) is 13.1 Å². The Morgan fingerprint density at radius 1 is 1.06 bits per heavy atom. The Morgan fingerprint density at radius 3 is 2.56 bits per heavy atom. The standard InChI is InChI=1S/C24H26F2N4O2/c25-21-7-5-19(6-8-21)24(31)30(12-11-28-13-15-32-16-14-28)18-23-27-9-10-29(23)17-20-3-1-2-4-22(20)26/h1-10H,11-18H2. The number of morpholine rings is 1. The van der Waals surface area contributed by atoms with Crippen LogP contribution in [0.1, 0.15) is 21.7 Å². The molecule has 1 aliphatic heterocycles. The molecule has 2 aromatic carbocycles. The summed E-state index contributed by atoms with van der Waals surface area (Å²) in [6.45, 7) is 4.78. The zero-order chi connectivity index (χ0) is 22.3. The quantitative estimate of drug-likeness (QED) is 0.540. The fourth-order valence-corrected chi connectivity index (χ4v) is 3.73. The van der Waals surface area contributed by atoms with Crippen molar-refractivity contribution in [2.24, 2.45) is 0 Å².